The van der Waals surface area contributed by atoms with Crippen LogP contribution in [0.1, 0.15) is 19.8 Å². The SMILES string of the molecule is C[C@@H]1C=Nc2ccc(Cl)nc2N1C1CCOCC1. The number of rotatable bonds is 1. The summed E-state index contributed by atoms with van der Waals surface area (Å²) in [6.45, 7) is 3.78. The summed E-state index contributed by atoms with van der Waals surface area (Å²) < 4.78 is 5.43. The van der Waals surface area contributed by atoms with Crippen LogP contribution in [0.5, 0.6) is 0 Å². The third-order valence-electron chi connectivity index (χ3n) is 3.52. The molecular weight excluding hydrogens is 250 g/mol. The molecule has 96 valence electrons. The fourth-order valence-electron chi connectivity index (χ4n) is 2.63. The van der Waals surface area contributed by atoms with Gasteiger partial charge in [-0.3, -0.25) is 4.99 Å². The number of anilines is 1. The van der Waals surface area contributed by atoms with Crippen molar-refractivity contribution in [3.63, 3.8) is 0 Å². The third kappa shape index (κ3) is 2.10. The zero-order valence-corrected chi connectivity index (χ0v) is 11.1. The van der Waals surface area contributed by atoms with Gasteiger partial charge in [0.1, 0.15) is 10.8 Å². The molecular formula is C13H16ClN3O. The van der Waals surface area contributed by atoms with Crippen molar-refractivity contribution < 1.29 is 4.74 Å². The van der Waals surface area contributed by atoms with Crippen molar-refractivity contribution in [2.45, 2.75) is 31.8 Å². The van der Waals surface area contributed by atoms with E-state index >= 15 is 0 Å². The van der Waals surface area contributed by atoms with Crippen LogP contribution in [-0.2, 0) is 4.74 Å². The molecule has 1 fully saturated rings. The Morgan fingerprint density at radius 1 is 1.33 bits per heavy atom. The molecule has 0 aliphatic carbocycles. The molecule has 0 bridgehead atoms. The number of pyridine rings is 1. The highest BCUT2D eigenvalue weighted by molar-refractivity contribution is 6.29. The number of fused-ring (bicyclic) bond motifs is 1. The normalized spacial score (nSPS) is 24.1. The standard InChI is InChI=1S/C13H16ClN3O/c1-9-8-15-11-2-3-12(14)16-13(11)17(9)10-4-6-18-7-5-10/h2-3,8-10H,4-7H2,1H3/t9-/m1/s1. The van der Waals surface area contributed by atoms with Gasteiger partial charge in [-0.05, 0) is 31.9 Å². The molecule has 2 aliphatic heterocycles. The zero-order valence-electron chi connectivity index (χ0n) is 10.3. The van der Waals surface area contributed by atoms with Gasteiger partial charge >= 0.3 is 0 Å². The predicted molar refractivity (Wildman–Crippen MR) is 73.2 cm³/mol. The largest absolute Gasteiger partial charge is 0.381 e. The van der Waals surface area contributed by atoms with E-state index in [0.29, 0.717) is 11.2 Å². The van der Waals surface area contributed by atoms with Gasteiger partial charge in [0.2, 0.25) is 0 Å². The van der Waals surface area contributed by atoms with E-state index in [1.54, 1.807) is 6.07 Å². The van der Waals surface area contributed by atoms with E-state index in [0.717, 1.165) is 37.6 Å². The van der Waals surface area contributed by atoms with E-state index in [4.69, 9.17) is 16.3 Å². The molecule has 18 heavy (non-hydrogen) atoms. The Bertz CT molecular complexity index is 471. The molecule has 0 aromatic carbocycles. The first kappa shape index (κ1) is 11.9. The number of halogens is 1. The molecule has 3 rings (SSSR count). The third-order valence-corrected chi connectivity index (χ3v) is 3.73. The summed E-state index contributed by atoms with van der Waals surface area (Å²) in [4.78, 5) is 11.2. The van der Waals surface area contributed by atoms with Crippen LogP contribution < -0.4 is 4.90 Å². The van der Waals surface area contributed by atoms with E-state index in [2.05, 4.69) is 21.8 Å². The van der Waals surface area contributed by atoms with E-state index in [1.807, 2.05) is 12.3 Å². The Morgan fingerprint density at radius 2 is 2.11 bits per heavy atom. The number of nitrogens with zero attached hydrogens (tertiary/aromatic N) is 3. The highest BCUT2D eigenvalue weighted by Gasteiger charge is 2.30. The zero-order chi connectivity index (χ0) is 12.5. The maximum atomic E-state index is 6.01. The monoisotopic (exact) mass is 265 g/mol. The molecule has 3 heterocycles. The first-order valence-electron chi connectivity index (χ1n) is 6.32. The molecule has 2 aliphatic rings. The topological polar surface area (TPSA) is 37.7 Å². The van der Waals surface area contributed by atoms with E-state index in [-0.39, 0.29) is 6.04 Å². The van der Waals surface area contributed by atoms with Gasteiger partial charge in [0.15, 0.2) is 5.82 Å². The minimum absolute atomic E-state index is 0.256. The number of aromatic nitrogens is 1. The first-order chi connectivity index (χ1) is 8.75. The summed E-state index contributed by atoms with van der Waals surface area (Å²) in [6.07, 6.45) is 4.05. The fraction of sp³-hybridized carbons (Fsp3) is 0.538. The van der Waals surface area contributed by atoms with Gasteiger partial charge in [0, 0.05) is 25.5 Å². The van der Waals surface area contributed by atoms with Gasteiger partial charge in [0.05, 0.1) is 6.04 Å². The number of hydrogen-bond acceptors (Lipinski definition) is 4. The van der Waals surface area contributed by atoms with Gasteiger partial charge < -0.3 is 9.64 Å². The highest BCUT2D eigenvalue weighted by atomic mass is 35.5. The molecule has 1 atom stereocenters. The first-order valence-corrected chi connectivity index (χ1v) is 6.70. The summed E-state index contributed by atoms with van der Waals surface area (Å²) in [5.41, 5.74) is 0.906. The Labute approximate surface area is 112 Å². The Balaban J connectivity index is 1.97. The molecule has 1 aromatic heterocycles. The Hall–Kier alpha value is -1.13. The summed E-state index contributed by atoms with van der Waals surface area (Å²) in [7, 11) is 0. The average Bonchev–Trinajstić information content (AvgIpc) is 2.39. The van der Waals surface area contributed by atoms with Crippen molar-refractivity contribution in [2.24, 2.45) is 4.99 Å². The van der Waals surface area contributed by atoms with Crippen molar-refractivity contribution >= 4 is 29.3 Å². The quantitative estimate of drug-likeness (QED) is 0.733. The van der Waals surface area contributed by atoms with Gasteiger partial charge in [0.25, 0.3) is 0 Å². The van der Waals surface area contributed by atoms with Crippen molar-refractivity contribution in [1.82, 2.24) is 4.98 Å². The molecule has 0 spiro atoms. The second-order valence-electron chi connectivity index (χ2n) is 4.75. The summed E-state index contributed by atoms with van der Waals surface area (Å²) in [5.74, 6) is 0.907. The minimum Gasteiger partial charge on any atom is -0.381 e. The lowest BCUT2D eigenvalue weighted by molar-refractivity contribution is 0.0837. The molecule has 5 heteroatoms. The van der Waals surface area contributed by atoms with Crippen LogP contribution in [0.4, 0.5) is 11.5 Å². The molecule has 0 amide bonds. The molecule has 0 N–H and O–H groups in total. The number of ether oxygens (including phenoxy) is 1. The van der Waals surface area contributed by atoms with Crippen molar-refractivity contribution in [3.05, 3.63) is 17.3 Å². The van der Waals surface area contributed by atoms with Crippen LogP contribution in [-0.4, -0.2) is 36.5 Å². The molecule has 1 aromatic rings. The second-order valence-corrected chi connectivity index (χ2v) is 5.13. The highest BCUT2D eigenvalue weighted by Crippen LogP contribution is 2.35. The smallest absolute Gasteiger partial charge is 0.157 e. The van der Waals surface area contributed by atoms with Crippen LogP contribution in [0.15, 0.2) is 17.1 Å². The van der Waals surface area contributed by atoms with Crippen molar-refractivity contribution in [3.8, 4) is 0 Å². The molecule has 0 unspecified atom stereocenters. The van der Waals surface area contributed by atoms with Gasteiger partial charge in [-0.2, -0.15) is 0 Å². The van der Waals surface area contributed by atoms with Crippen LogP contribution >= 0.6 is 11.6 Å². The summed E-state index contributed by atoms with van der Waals surface area (Å²) in [6, 6.07) is 4.44. The summed E-state index contributed by atoms with van der Waals surface area (Å²) in [5, 5.41) is 0.523. The van der Waals surface area contributed by atoms with E-state index in [1.165, 1.54) is 0 Å². The van der Waals surface area contributed by atoms with Crippen LogP contribution in [0, 0.1) is 0 Å². The van der Waals surface area contributed by atoms with Gasteiger partial charge in [-0.15, -0.1) is 0 Å². The molecule has 1 saturated heterocycles. The van der Waals surface area contributed by atoms with Crippen molar-refractivity contribution in [1.29, 1.82) is 0 Å². The maximum absolute atomic E-state index is 6.01. The van der Waals surface area contributed by atoms with Gasteiger partial charge in [-0.1, -0.05) is 11.6 Å². The minimum atomic E-state index is 0.256. The maximum Gasteiger partial charge on any atom is 0.157 e. The molecule has 0 radical (unpaired) electrons. The van der Waals surface area contributed by atoms with Crippen LogP contribution in [0.2, 0.25) is 5.15 Å². The second kappa shape index (κ2) is 4.86. The predicted octanol–water partition coefficient (Wildman–Crippen LogP) is 2.82. The average molecular weight is 266 g/mol. The van der Waals surface area contributed by atoms with Crippen molar-refractivity contribution in [2.75, 3.05) is 18.1 Å². The Morgan fingerprint density at radius 3 is 2.89 bits per heavy atom. The van der Waals surface area contributed by atoms with Gasteiger partial charge in [-0.25, -0.2) is 4.98 Å². The fourth-order valence-corrected chi connectivity index (χ4v) is 2.77. The van der Waals surface area contributed by atoms with Crippen LogP contribution in [0.25, 0.3) is 0 Å². The molecule has 0 saturated carbocycles. The van der Waals surface area contributed by atoms with E-state index in [9.17, 15) is 0 Å². The number of hydrogen-bond donors (Lipinski definition) is 0. The summed E-state index contributed by atoms with van der Waals surface area (Å²) >= 11 is 6.01. The lowest BCUT2D eigenvalue weighted by Crippen LogP contribution is -2.47. The van der Waals surface area contributed by atoms with E-state index < -0.39 is 0 Å². The lowest BCUT2D eigenvalue weighted by Gasteiger charge is -2.40. The number of aliphatic imine (C=N–C) groups is 1. The Kier molecular flexibility index (Phi) is 3.22. The lowest BCUT2D eigenvalue weighted by atomic mass is 10.0. The molecule has 4 nitrogen and oxygen atoms in total. The van der Waals surface area contributed by atoms with Crippen LogP contribution in [0.3, 0.4) is 0 Å².